The molecule has 3 nitrogen and oxygen atoms in total. The molecular formula is C12H17ClN2O. The van der Waals surface area contributed by atoms with Gasteiger partial charge in [-0.3, -0.25) is 0 Å². The highest BCUT2D eigenvalue weighted by molar-refractivity contribution is 6.31. The van der Waals surface area contributed by atoms with Crippen molar-refractivity contribution < 1.29 is 4.74 Å². The fraction of sp³-hybridized carbons (Fsp3) is 0.417. The van der Waals surface area contributed by atoms with Gasteiger partial charge in [-0.15, -0.1) is 0 Å². The summed E-state index contributed by atoms with van der Waals surface area (Å²) in [5, 5.41) is 3.88. The first kappa shape index (κ1) is 13.0. The van der Waals surface area contributed by atoms with Crippen LogP contribution in [0.15, 0.2) is 24.4 Å². The van der Waals surface area contributed by atoms with E-state index < -0.39 is 0 Å². The molecule has 0 radical (unpaired) electrons. The molecule has 0 bridgehead atoms. The highest BCUT2D eigenvalue weighted by Crippen LogP contribution is 2.19. The SMILES string of the molecule is C/C=C/COc1cc(CNCC)c(Cl)cn1. The molecule has 88 valence electrons. The second-order valence-corrected chi connectivity index (χ2v) is 3.68. The number of hydrogen-bond acceptors (Lipinski definition) is 3. The Morgan fingerprint density at radius 1 is 1.56 bits per heavy atom. The normalized spacial score (nSPS) is 10.9. The van der Waals surface area contributed by atoms with Gasteiger partial charge in [-0.05, 0) is 19.0 Å². The highest BCUT2D eigenvalue weighted by Gasteiger charge is 2.03. The van der Waals surface area contributed by atoms with E-state index in [0.29, 0.717) is 17.5 Å². The summed E-state index contributed by atoms with van der Waals surface area (Å²) < 4.78 is 5.44. The van der Waals surface area contributed by atoms with Crippen LogP contribution >= 0.6 is 11.6 Å². The van der Waals surface area contributed by atoms with E-state index in [9.17, 15) is 0 Å². The van der Waals surface area contributed by atoms with Crippen molar-refractivity contribution in [1.82, 2.24) is 10.3 Å². The van der Waals surface area contributed by atoms with Gasteiger partial charge in [0.15, 0.2) is 0 Å². The van der Waals surface area contributed by atoms with E-state index in [2.05, 4.69) is 17.2 Å². The topological polar surface area (TPSA) is 34.1 Å². The highest BCUT2D eigenvalue weighted by atomic mass is 35.5. The van der Waals surface area contributed by atoms with E-state index >= 15 is 0 Å². The van der Waals surface area contributed by atoms with Gasteiger partial charge < -0.3 is 10.1 Å². The summed E-state index contributed by atoms with van der Waals surface area (Å²) >= 11 is 6.02. The molecule has 0 spiro atoms. The van der Waals surface area contributed by atoms with Crippen molar-refractivity contribution in [3.05, 3.63) is 35.0 Å². The minimum Gasteiger partial charge on any atom is -0.473 e. The predicted octanol–water partition coefficient (Wildman–Crippen LogP) is 2.80. The quantitative estimate of drug-likeness (QED) is 0.777. The minimum absolute atomic E-state index is 0.534. The van der Waals surface area contributed by atoms with Gasteiger partial charge in [0.25, 0.3) is 0 Å². The minimum atomic E-state index is 0.534. The summed E-state index contributed by atoms with van der Waals surface area (Å²) in [6.45, 7) is 6.19. The second kappa shape index (κ2) is 7.25. The molecule has 0 aliphatic heterocycles. The van der Waals surface area contributed by atoms with Crippen LogP contribution < -0.4 is 10.1 Å². The van der Waals surface area contributed by atoms with Crippen molar-refractivity contribution in [2.45, 2.75) is 20.4 Å². The van der Waals surface area contributed by atoms with E-state index in [0.717, 1.165) is 18.7 Å². The van der Waals surface area contributed by atoms with Crippen LogP contribution in [0.25, 0.3) is 0 Å². The van der Waals surface area contributed by atoms with Gasteiger partial charge in [-0.2, -0.15) is 0 Å². The lowest BCUT2D eigenvalue weighted by Gasteiger charge is -2.07. The lowest BCUT2D eigenvalue weighted by atomic mass is 10.2. The molecule has 0 unspecified atom stereocenters. The number of halogens is 1. The van der Waals surface area contributed by atoms with Gasteiger partial charge in [0.2, 0.25) is 5.88 Å². The maximum atomic E-state index is 6.02. The summed E-state index contributed by atoms with van der Waals surface area (Å²) in [5.41, 5.74) is 1.01. The molecule has 0 saturated carbocycles. The molecule has 0 fully saturated rings. The molecular weight excluding hydrogens is 224 g/mol. The number of nitrogens with zero attached hydrogens (tertiary/aromatic N) is 1. The third-order valence-electron chi connectivity index (χ3n) is 2.04. The summed E-state index contributed by atoms with van der Waals surface area (Å²) in [4.78, 5) is 4.10. The fourth-order valence-corrected chi connectivity index (χ4v) is 1.33. The van der Waals surface area contributed by atoms with Gasteiger partial charge in [-0.1, -0.05) is 30.7 Å². The van der Waals surface area contributed by atoms with Gasteiger partial charge in [0, 0.05) is 18.8 Å². The molecule has 16 heavy (non-hydrogen) atoms. The average Bonchev–Trinajstić information content (AvgIpc) is 2.30. The number of rotatable bonds is 6. The van der Waals surface area contributed by atoms with E-state index in [1.807, 2.05) is 25.1 Å². The number of ether oxygens (including phenoxy) is 1. The summed E-state index contributed by atoms with van der Waals surface area (Å²) in [6.07, 6.45) is 5.49. The smallest absolute Gasteiger partial charge is 0.213 e. The molecule has 0 aliphatic rings. The fourth-order valence-electron chi connectivity index (χ4n) is 1.16. The Balaban J connectivity index is 2.65. The second-order valence-electron chi connectivity index (χ2n) is 3.27. The standard InChI is InChI=1S/C12H17ClN2O/c1-3-5-6-16-12-7-10(8-14-4-2)11(13)9-15-12/h3,5,7,9,14H,4,6,8H2,1-2H3/b5-3+. The molecule has 1 aromatic heterocycles. The van der Waals surface area contributed by atoms with Crippen molar-refractivity contribution in [3.8, 4) is 5.88 Å². The van der Waals surface area contributed by atoms with Crippen molar-refractivity contribution in [3.63, 3.8) is 0 Å². The lowest BCUT2D eigenvalue weighted by Crippen LogP contribution is -2.12. The van der Waals surface area contributed by atoms with Crippen molar-refractivity contribution in [2.24, 2.45) is 0 Å². The van der Waals surface area contributed by atoms with Gasteiger partial charge >= 0.3 is 0 Å². The molecule has 0 atom stereocenters. The average molecular weight is 241 g/mol. The molecule has 1 N–H and O–H groups in total. The number of nitrogens with one attached hydrogen (secondary N) is 1. The molecule has 1 aromatic rings. The molecule has 1 rings (SSSR count). The van der Waals surface area contributed by atoms with Crippen LogP contribution in [0.1, 0.15) is 19.4 Å². The summed E-state index contributed by atoms with van der Waals surface area (Å²) in [5.74, 6) is 0.607. The Morgan fingerprint density at radius 3 is 3.06 bits per heavy atom. The number of hydrogen-bond donors (Lipinski definition) is 1. The van der Waals surface area contributed by atoms with Gasteiger partial charge in [-0.25, -0.2) is 4.98 Å². The Hall–Kier alpha value is -1.06. The van der Waals surface area contributed by atoms with Crippen LogP contribution in [-0.4, -0.2) is 18.1 Å². The van der Waals surface area contributed by atoms with E-state index in [1.165, 1.54) is 0 Å². The zero-order valence-corrected chi connectivity index (χ0v) is 10.4. The maximum Gasteiger partial charge on any atom is 0.213 e. The third-order valence-corrected chi connectivity index (χ3v) is 2.38. The summed E-state index contributed by atoms with van der Waals surface area (Å²) in [6, 6.07) is 1.87. The monoisotopic (exact) mass is 240 g/mol. The Morgan fingerprint density at radius 2 is 2.38 bits per heavy atom. The Kier molecular flexibility index (Phi) is 5.90. The van der Waals surface area contributed by atoms with E-state index in [-0.39, 0.29) is 0 Å². The first-order valence-electron chi connectivity index (χ1n) is 5.37. The summed E-state index contributed by atoms with van der Waals surface area (Å²) in [7, 11) is 0. The predicted molar refractivity (Wildman–Crippen MR) is 66.9 cm³/mol. The first-order valence-corrected chi connectivity index (χ1v) is 5.74. The Bertz CT molecular complexity index is 353. The molecule has 0 aliphatic carbocycles. The van der Waals surface area contributed by atoms with Crippen LogP contribution in [0, 0.1) is 0 Å². The maximum absolute atomic E-state index is 6.02. The van der Waals surface area contributed by atoms with Crippen molar-refractivity contribution in [2.75, 3.05) is 13.2 Å². The van der Waals surface area contributed by atoms with Gasteiger partial charge in [0.05, 0.1) is 5.02 Å². The van der Waals surface area contributed by atoms with Crippen molar-refractivity contribution in [1.29, 1.82) is 0 Å². The van der Waals surface area contributed by atoms with E-state index in [4.69, 9.17) is 16.3 Å². The Labute approximate surface area is 101 Å². The molecule has 1 heterocycles. The van der Waals surface area contributed by atoms with Gasteiger partial charge in [0.1, 0.15) is 6.61 Å². The zero-order valence-electron chi connectivity index (χ0n) is 9.66. The lowest BCUT2D eigenvalue weighted by molar-refractivity contribution is 0.347. The molecule has 4 heteroatoms. The van der Waals surface area contributed by atoms with Crippen LogP contribution in [0.3, 0.4) is 0 Å². The van der Waals surface area contributed by atoms with Crippen LogP contribution in [0.2, 0.25) is 5.02 Å². The van der Waals surface area contributed by atoms with Crippen molar-refractivity contribution >= 4 is 11.6 Å². The first-order chi connectivity index (χ1) is 7.77. The van der Waals surface area contributed by atoms with E-state index in [1.54, 1.807) is 6.20 Å². The van der Waals surface area contributed by atoms with Crippen LogP contribution in [-0.2, 0) is 6.54 Å². The zero-order chi connectivity index (χ0) is 11.8. The van der Waals surface area contributed by atoms with Crippen LogP contribution in [0.5, 0.6) is 5.88 Å². The molecule has 0 amide bonds. The molecule has 0 saturated heterocycles. The van der Waals surface area contributed by atoms with Crippen LogP contribution in [0.4, 0.5) is 0 Å². The largest absolute Gasteiger partial charge is 0.473 e. The number of pyridine rings is 1. The third kappa shape index (κ3) is 4.21. The molecule has 0 aromatic carbocycles. The number of allylic oxidation sites excluding steroid dienone is 1. The number of aromatic nitrogens is 1.